The van der Waals surface area contributed by atoms with Crippen molar-refractivity contribution in [2.75, 3.05) is 0 Å². The van der Waals surface area contributed by atoms with Gasteiger partial charge in [-0.25, -0.2) is 4.39 Å². The molecule has 0 bridgehead atoms. The summed E-state index contributed by atoms with van der Waals surface area (Å²) < 4.78 is 12.9. The maximum atomic E-state index is 12.9. The highest BCUT2D eigenvalue weighted by atomic mass is 19.1. The topological polar surface area (TPSA) is 54.4 Å². The van der Waals surface area contributed by atoms with E-state index in [0.29, 0.717) is 11.1 Å². The minimum atomic E-state index is -1.00. The predicted octanol–water partition coefficient (Wildman–Crippen LogP) is 1.66. The van der Waals surface area contributed by atoms with Gasteiger partial charge in [-0.1, -0.05) is 0 Å². The van der Waals surface area contributed by atoms with Gasteiger partial charge in [0.05, 0.1) is 5.92 Å². The van der Waals surface area contributed by atoms with Crippen LogP contribution in [0, 0.1) is 11.7 Å². The quantitative estimate of drug-likeness (QED) is 0.763. The van der Waals surface area contributed by atoms with Gasteiger partial charge in [-0.2, -0.15) is 0 Å². The molecule has 0 amide bonds. The summed E-state index contributed by atoms with van der Waals surface area (Å²) in [5, 5.41) is 8.80. The summed E-state index contributed by atoms with van der Waals surface area (Å²) in [7, 11) is 0. The molecule has 0 aliphatic heterocycles. The fraction of sp³-hybridized carbons (Fsp3) is 0.273. The number of hydrogen-bond donors (Lipinski definition) is 1. The van der Waals surface area contributed by atoms with E-state index in [4.69, 9.17) is 5.11 Å². The third kappa shape index (κ3) is 1.75. The highest BCUT2D eigenvalue weighted by Crippen LogP contribution is 2.26. The Bertz CT molecular complexity index is 439. The van der Waals surface area contributed by atoms with Crippen LogP contribution >= 0.6 is 0 Å². The van der Waals surface area contributed by atoms with Crippen molar-refractivity contribution < 1.29 is 19.1 Å². The number of rotatable bonds is 1. The van der Waals surface area contributed by atoms with Gasteiger partial charge in [0.1, 0.15) is 5.82 Å². The van der Waals surface area contributed by atoms with Gasteiger partial charge in [0.25, 0.3) is 0 Å². The summed E-state index contributed by atoms with van der Waals surface area (Å²) in [6, 6.07) is 3.88. The zero-order valence-electron chi connectivity index (χ0n) is 7.87. The Morgan fingerprint density at radius 1 is 1.40 bits per heavy atom. The molecular weight excluding hydrogens is 199 g/mol. The van der Waals surface area contributed by atoms with Crippen LogP contribution in [0.2, 0.25) is 0 Å². The lowest BCUT2D eigenvalue weighted by Gasteiger charge is -2.20. The molecule has 0 saturated heterocycles. The second-order valence-electron chi connectivity index (χ2n) is 3.67. The van der Waals surface area contributed by atoms with Gasteiger partial charge in [0.2, 0.25) is 0 Å². The van der Waals surface area contributed by atoms with Crippen LogP contribution in [0.4, 0.5) is 4.39 Å². The summed E-state index contributed by atoms with van der Waals surface area (Å²) in [4.78, 5) is 22.3. The van der Waals surface area contributed by atoms with Crippen LogP contribution < -0.4 is 0 Å². The summed E-state index contributed by atoms with van der Waals surface area (Å²) in [6.45, 7) is 0. The third-order valence-electron chi connectivity index (χ3n) is 2.62. The fourth-order valence-electron chi connectivity index (χ4n) is 1.85. The van der Waals surface area contributed by atoms with Gasteiger partial charge in [0, 0.05) is 12.0 Å². The molecule has 1 unspecified atom stereocenters. The molecule has 3 nitrogen and oxygen atoms in total. The number of hydrogen-bond acceptors (Lipinski definition) is 2. The van der Waals surface area contributed by atoms with Crippen LogP contribution in [0.1, 0.15) is 22.3 Å². The molecule has 0 spiro atoms. The number of carbonyl (C=O) groups is 2. The first-order valence-electron chi connectivity index (χ1n) is 4.62. The molecule has 1 aromatic carbocycles. The number of carbonyl (C=O) groups excluding carboxylic acids is 1. The molecule has 4 heteroatoms. The Morgan fingerprint density at radius 3 is 2.80 bits per heavy atom. The normalized spacial score (nSPS) is 19.8. The molecule has 1 aromatic rings. The van der Waals surface area contributed by atoms with Crippen LogP contribution in [0.5, 0.6) is 0 Å². The van der Waals surface area contributed by atoms with E-state index in [2.05, 4.69) is 0 Å². The van der Waals surface area contributed by atoms with E-state index in [1.165, 1.54) is 18.2 Å². The van der Waals surface area contributed by atoms with E-state index in [1.54, 1.807) is 0 Å². The van der Waals surface area contributed by atoms with Crippen LogP contribution in [0.25, 0.3) is 0 Å². The standard InChI is InChI=1S/C11H9FO3/c12-8-1-2-9-6(4-8)3-7(11(14)15)5-10(9)13/h1-2,4,7H,3,5H2,(H,14,15). The molecular formula is C11H9FO3. The zero-order chi connectivity index (χ0) is 11.0. The van der Waals surface area contributed by atoms with Crippen LogP contribution in [0.3, 0.4) is 0 Å². The van der Waals surface area contributed by atoms with E-state index in [9.17, 15) is 14.0 Å². The van der Waals surface area contributed by atoms with E-state index in [1.807, 2.05) is 0 Å². The number of ketones is 1. The van der Waals surface area contributed by atoms with Gasteiger partial charge < -0.3 is 5.11 Å². The average Bonchev–Trinajstić information content (AvgIpc) is 2.16. The van der Waals surface area contributed by atoms with Gasteiger partial charge in [-0.3, -0.25) is 9.59 Å². The van der Waals surface area contributed by atoms with Crippen molar-refractivity contribution in [2.45, 2.75) is 12.8 Å². The molecule has 1 atom stereocenters. The van der Waals surface area contributed by atoms with Gasteiger partial charge in [0.15, 0.2) is 5.78 Å². The van der Waals surface area contributed by atoms with Crippen molar-refractivity contribution in [3.05, 3.63) is 35.1 Å². The van der Waals surface area contributed by atoms with Crippen molar-refractivity contribution in [3.63, 3.8) is 0 Å². The lowest BCUT2D eigenvalue weighted by molar-refractivity contribution is -0.141. The Morgan fingerprint density at radius 2 is 2.13 bits per heavy atom. The number of Topliss-reactive ketones (excluding diaryl/α,β-unsaturated/α-hetero) is 1. The Balaban J connectivity index is 2.41. The van der Waals surface area contributed by atoms with Crippen LogP contribution in [0.15, 0.2) is 18.2 Å². The number of carboxylic acids is 1. The summed E-state index contributed by atoms with van der Waals surface area (Å²) in [6.07, 6.45) is 0.238. The maximum absolute atomic E-state index is 12.9. The lowest BCUT2D eigenvalue weighted by atomic mass is 9.83. The largest absolute Gasteiger partial charge is 0.481 e. The Kier molecular flexibility index (Phi) is 2.26. The molecule has 0 radical (unpaired) electrons. The summed E-state index contributed by atoms with van der Waals surface area (Å²) >= 11 is 0. The molecule has 1 aliphatic carbocycles. The molecule has 1 aliphatic rings. The van der Waals surface area contributed by atoms with E-state index in [-0.39, 0.29) is 18.6 Å². The molecule has 1 N–H and O–H groups in total. The SMILES string of the molecule is O=C1CC(C(=O)O)Cc2cc(F)ccc21. The first-order valence-corrected chi connectivity index (χ1v) is 4.62. The molecule has 78 valence electrons. The highest BCUT2D eigenvalue weighted by molar-refractivity contribution is 6.00. The van der Waals surface area contributed by atoms with E-state index < -0.39 is 17.7 Å². The fourth-order valence-corrected chi connectivity index (χ4v) is 1.85. The van der Waals surface area contributed by atoms with Crippen molar-refractivity contribution in [2.24, 2.45) is 5.92 Å². The average molecular weight is 208 g/mol. The lowest BCUT2D eigenvalue weighted by Crippen LogP contribution is -2.26. The number of fused-ring (bicyclic) bond motifs is 1. The third-order valence-corrected chi connectivity index (χ3v) is 2.62. The van der Waals surface area contributed by atoms with Gasteiger partial charge >= 0.3 is 5.97 Å². The maximum Gasteiger partial charge on any atom is 0.307 e. The Labute approximate surface area is 85.5 Å². The molecule has 0 aromatic heterocycles. The minimum absolute atomic E-state index is 0.00790. The zero-order valence-corrected chi connectivity index (χ0v) is 7.87. The van der Waals surface area contributed by atoms with Crippen LogP contribution in [-0.2, 0) is 11.2 Å². The van der Waals surface area contributed by atoms with Gasteiger partial charge in [-0.05, 0) is 30.2 Å². The number of benzene rings is 1. The monoisotopic (exact) mass is 208 g/mol. The first-order chi connectivity index (χ1) is 7.08. The summed E-state index contributed by atoms with van der Waals surface area (Å²) in [5.41, 5.74) is 0.951. The Hall–Kier alpha value is -1.71. The molecule has 15 heavy (non-hydrogen) atoms. The first kappa shape index (κ1) is 9.83. The predicted molar refractivity (Wildman–Crippen MR) is 50.2 cm³/mol. The molecule has 0 heterocycles. The minimum Gasteiger partial charge on any atom is -0.481 e. The van der Waals surface area contributed by atoms with E-state index in [0.717, 1.165) is 0 Å². The number of aliphatic carboxylic acids is 1. The highest BCUT2D eigenvalue weighted by Gasteiger charge is 2.29. The molecule has 0 saturated carbocycles. The van der Waals surface area contributed by atoms with Crippen molar-refractivity contribution in [1.29, 1.82) is 0 Å². The van der Waals surface area contributed by atoms with Gasteiger partial charge in [-0.15, -0.1) is 0 Å². The molecule has 2 rings (SSSR count). The second-order valence-corrected chi connectivity index (χ2v) is 3.67. The number of halogens is 1. The smallest absolute Gasteiger partial charge is 0.307 e. The van der Waals surface area contributed by atoms with E-state index >= 15 is 0 Å². The van der Waals surface area contributed by atoms with Crippen molar-refractivity contribution in [1.82, 2.24) is 0 Å². The second kappa shape index (κ2) is 3.46. The number of carboxylic acid groups (broad SMARTS) is 1. The van der Waals surface area contributed by atoms with Crippen molar-refractivity contribution in [3.8, 4) is 0 Å². The van der Waals surface area contributed by atoms with Crippen LogP contribution in [-0.4, -0.2) is 16.9 Å². The molecule has 0 fully saturated rings. The van der Waals surface area contributed by atoms with Crippen molar-refractivity contribution >= 4 is 11.8 Å². The summed E-state index contributed by atoms with van der Waals surface area (Å²) in [5.74, 6) is -2.37.